The summed E-state index contributed by atoms with van der Waals surface area (Å²) in [4.78, 5) is 0. The fourth-order valence-corrected chi connectivity index (χ4v) is 2.10. The average Bonchev–Trinajstić information content (AvgIpc) is 2.15. The van der Waals surface area contributed by atoms with Crippen molar-refractivity contribution in [3.05, 3.63) is 0 Å². The van der Waals surface area contributed by atoms with Gasteiger partial charge in [0.05, 0.1) is 0 Å². The molecule has 0 amide bonds. The summed E-state index contributed by atoms with van der Waals surface area (Å²) >= 11 is 0. The Labute approximate surface area is 107 Å². The molecule has 94 valence electrons. The number of hydrazine groups is 1. The third-order valence-electron chi connectivity index (χ3n) is 3.12. The minimum absolute atomic E-state index is 0. The molecular formula is C11H26Cl2N2. The number of nitrogens with zero attached hydrogens (tertiary/aromatic N) is 2. The summed E-state index contributed by atoms with van der Waals surface area (Å²) in [6.45, 7) is 4.82. The molecule has 4 heteroatoms. The molecule has 0 spiro atoms. The number of hydrogen-bond acceptors (Lipinski definition) is 2. The van der Waals surface area contributed by atoms with Crippen LogP contribution in [0.25, 0.3) is 0 Å². The van der Waals surface area contributed by atoms with Gasteiger partial charge in [0, 0.05) is 27.2 Å². The summed E-state index contributed by atoms with van der Waals surface area (Å²) in [6.07, 6.45) is 7.04. The summed E-state index contributed by atoms with van der Waals surface area (Å²) in [6, 6.07) is 0. The molecule has 0 aromatic rings. The monoisotopic (exact) mass is 256 g/mol. The van der Waals surface area contributed by atoms with Crippen LogP contribution in [-0.4, -0.2) is 37.2 Å². The Morgan fingerprint density at radius 1 is 1.13 bits per heavy atom. The van der Waals surface area contributed by atoms with Crippen LogP contribution in [0.1, 0.15) is 39.0 Å². The Hall–Kier alpha value is 0.500. The topological polar surface area (TPSA) is 6.48 Å². The third kappa shape index (κ3) is 6.62. The minimum atomic E-state index is 0. The second kappa shape index (κ2) is 9.71. The maximum absolute atomic E-state index is 2.45. The summed E-state index contributed by atoms with van der Waals surface area (Å²) in [7, 11) is 4.29. The van der Waals surface area contributed by atoms with E-state index < -0.39 is 0 Å². The lowest BCUT2D eigenvalue weighted by atomic mass is 9.92. The Morgan fingerprint density at radius 2 is 1.67 bits per heavy atom. The zero-order valence-corrected chi connectivity index (χ0v) is 11.9. The molecule has 0 saturated carbocycles. The van der Waals surface area contributed by atoms with Gasteiger partial charge in [0.15, 0.2) is 0 Å². The van der Waals surface area contributed by atoms with Crippen molar-refractivity contribution in [3.63, 3.8) is 0 Å². The molecule has 1 fully saturated rings. The highest BCUT2D eigenvalue weighted by Gasteiger charge is 2.19. The number of unbranched alkanes of at least 4 members (excludes halogenated alkanes) is 1. The number of piperidine rings is 1. The first-order valence-corrected chi connectivity index (χ1v) is 5.66. The maximum Gasteiger partial charge on any atom is 0.0135 e. The van der Waals surface area contributed by atoms with Crippen molar-refractivity contribution in [2.24, 2.45) is 5.92 Å². The first kappa shape index (κ1) is 17.9. The van der Waals surface area contributed by atoms with Crippen LogP contribution < -0.4 is 0 Å². The summed E-state index contributed by atoms with van der Waals surface area (Å²) in [5, 5.41) is 4.68. The molecule has 15 heavy (non-hydrogen) atoms. The largest absolute Gasteiger partial charge is 0.248 e. The van der Waals surface area contributed by atoms with Gasteiger partial charge in [-0.05, 0) is 18.8 Å². The van der Waals surface area contributed by atoms with Gasteiger partial charge in [0.2, 0.25) is 0 Å². The smallest absolute Gasteiger partial charge is 0.0135 e. The fourth-order valence-electron chi connectivity index (χ4n) is 2.10. The van der Waals surface area contributed by atoms with E-state index in [1.54, 1.807) is 0 Å². The highest BCUT2D eigenvalue weighted by Crippen LogP contribution is 2.22. The number of halogens is 2. The molecule has 1 saturated heterocycles. The standard InChI is InChI=1S/C11H24N2.2ClH/c1-4-5-6-11-7-9-13(10-8-11)12(2)3;;/h11H,4-10H2,1-3H3;2*1H. The highest BCUT2D eigenvalue weighted by atomic mass is 35.5. The van der Waals surface area contributed by atoms with Crippen LogP contribution in [0.4, 0.5) is 0 Å². The highest BCUT2D eigenvalue weighted by molar-refractivity contribution is 5.85. The summed E-state index contributed by atoms with van der Waals surface area (Å²) < 4.78 is 0. The molecule has 0 aliphatic carbocycles. The first-order valence-electron chi connectivity index (χ1n) is 5.66. The van der Waals surface area contributed by atoms with Crippen LogP contribution in [0.5, 0.6) is 0 Å². The van der Waals surface area contributed by atoms with Crippen LogP contribution >= 0.6 is 24.8 Å². The zero-order chi connectivity index (χ0) is 9.68. The van der Waals surface area contributed by atoms with Gasteiger partial charge < -0.3 is 0 Å². The van der Waals surface area contributed by atoms with Gasteiger partial charge in [0.1, 0.15) is 0 Å². The predicted octanol–water partition coefficient (Wildman–Crippen LogP) is 3.21. The van der Waals surface area contributed by atoms with E-state index >= 15 is 0 Å². The molecule has 0 aromatic heterocycles. The molecular weight excluding hydrogens is 231 g/mol. The molecule has 0 aromatic carbocycles. The van der Waals surface area contributed by atoms with E-state index in [4.69, 9.17) is 0 Å². The van der Waals surface area contributed by atoms with Crippen molar-refractivity contribution >= 4 is 24.8 Å². The van der Waals surface area contributed by atoms with E-state index in [1.165, 1.54) is 45.2 Å². The van der Waals surface area contributed by atoms with Gasteiger partial charge in [-0.1, -0.05) is 26.2 Å². The van der Waals surface area contributed by atoms with Crippen LogP contribution in [0, 0.1) is 5.92 Å². The lowest BCUT2D eigenvalue weighted by Crippen LogP contribution is -2.42. The van der Waals surface area contributed by atoms with Gasteiger partial charge >= 0.3 is 0 Å². The molecule has 0 bridgehead atoms. The van der Waals surface area contributed by atoms with Gasteiger partial charge in [-0.3, -0.25) is 0 Å². The Kier molecular flexibility index (Phi) is 11.6. The van der Waals surface area contributed by atoms with Crippen molar-refractivity contribution in [2.75, 3.05) is 27.2 Å². The Morgan fingerprint density at radius 3 is 2.07 bits per heavy atom. The molecule has 1 aliphatic rings. The second-order valence-corrected chi connectivity index (χ2v) is 4.39. The van der Waals surface area contributed by atoms with Crippen molar-refractivity contribution in [2.45, 2.75) is 39.0 Å². The van der Waals surface area contributed by atoms with E-state index in [2.05, 4.69) is 31.0 Å². The van der Waals surface area contributed by atoms with E-state index in [0.29, 0.717) is 0 Å². The SMILES string of the molecule is CCCCC1CCN(N(C)C)CC1.Cl.Cl. The second-order valence-electron chi connectivity index (χ2n) is 4.39. The minimum Gasteiger partial charge on any atom is -0.248 e. The van der Waals surface area contributed by atoms with Gasteiger partial charge in [-0.2, -0.15) is 0 Å². The van der Waals surface area contributed by atoms with Crippen molar-refractivity contribution < 1.29 is 0 Å². The first-order chi connectivity index (χ1) is 6.24. The normalized spacial score (nSPS) is 18.4. The van der Waals surface area contributed by atoms with E-state index in [0.717, 1.165) is 5.92 Å². The van der Waals surface area contributed by atoms with E-state index in [-0.39, 0.29) is 24.8 Å². The van der Waals surface area contributed by atoms with Crippen LogP contribution in [0.3, 0.4) is 0 Å². The van der Waals surface area contributed by atoms with Crippen LogP contribution in [-0.2, 0) is 0 Å². The Bertz CT molecular complexity index is 135. The quantitative estimate of drug-likeness (QED) is 0.763. The average molecular weight is 257 g/mol. The molecule has 1 rings (SSSR count). The fraction of sp³-hybridized carbons (Fsp3) is 1.00. The molecule has 2 nitrogen and oxygen atoms in total. The van der Waals surface area contributed by atoms with Crippen molar-refractivity contribution in [1.29, 1.82) is 0 Å². The lowest BCUT2D eigenvalue weighted by Gasteiger charge is -2.35. The van der Waals surface area contributed by atoms with Gasteiger partial charge in [-0.15, -0.1) is 24.8 Å². The molecule has 1 heterocycles. The maximum atomic E-state index is 2.45. The van der Waals surface area contributed by atoms with Crippen molar-refractivity contribution in [3.8, 4) is 0 Å². The Balaban J connectivity index is 0. The molecule has 0 radical (unpaired) electrons. The van der Waals surface area contributed by atoms with E-state index in [9.17, 15) is 0 Å². The number of hydrogen-bond donors (Lipinski definition) is 0. The summed E-state index contributed by atoms with van der Waals surface area (Å²) in [5.74, 6) is 1.01. The van der Waals surface area contributed by atoms with Crippen LogP contribution in [0.2, 0.25) is 0 Å². The predicted molar refractivity (Wildman–Crippen MR) is 72.0 cm³/mol. The summed E-state index contributed by atoms with van der Waals surface area (Å²) in [5.41, 5.74) is 0. The molecule has 0 unspecified atom stereocenters. The van der Waals surface area contributed by atoms with Gasteiger partial charge in [-0.25, -0.2) is 10.0 Å². The number of rotatable bonds is 4. The van der Waals surface area contributed by atoms with Crippen LogP contribution in [0.15, 0.2) is 0 Å². The molecule has 0 atom stereocenters. The molecule has 1 aliphatic heterocycles. The van der Waals surface area contributed by atoms with Gasteiger partial charge in [0.25, 0.3) is 0 Å². The zero-order valence-electron chi connectivity index (χ0n) is 10.2. The lowest BCUT2D eigenvalue weighted by molar-refractivity contribution is -0.00761. The van der Waals surface area contributed by atoms with Crippen molar-refractivity contribution in [1.82, 2.24) is 10.0 Å². The molecule has 0 N–H and O–H groups in total. The third-order valence-corrected chi connectivity index (χ3v) is 3.12. The van der Waals surface area contributed by atoms with E-state index in [1.807, 2.05) is 0 Å².